The molecule has 5 rings (SSSR count). The zero-order valence-corrected chi connectivity index (χ0v) is 20.5. The van der Waals surface area contributed by atoms with E-state index < -0.39 is 0 Å². The van der Waals surface area contributed by atoms with Gasteiger partial charge in [-0.15, -0.1) is 0 Å². The third-order valence-electron chi connectivity index (χ3n) is 6.38. The van der Waals surface area contributed by atoms with Crippen LogP contribution in [0, 0.1) is 0 Å². The van der Waals surface area contributed by atoms with Gasteiger partial charge in [0.15, 0.2) is 23.1 Å². The van der Waals surface area contributed by atoms with Crippen LogP contribution in [-0.4, -0.2) is 30.2 Å². The fraction of sp³-hybridized carbons (Fsp3) is 0.0303. The van der Waals surface area contributed by atoms with Crippen molar-refractivity contribution in [2.75, 3.05) is 7.11 Å². The largest absolute Gasteiger partial charge is 0.496 e. The lowest BCUT2D eigenvalue weighted by Gasteiger charge is -2.19. The van der Waals surface area contributed by atoms with Gasteiger partial charge in [-0.1, -0.05) is 91.0 Å². The molecule has 0 atom stereocenters. The molecule has 0 aliphatic heterocycles. The van der Waals surface area contributed by atoms with Crippen molar-refractivity contribution in [3.8, 4) is 5.75 Å². The minimum Gasteiger partial charge on any atom is -0.496 e. The molecular formula is C33H22O5. The van der Waals surface area contributed by atoms with E-state index in [1.54, 1.807) is 78.9 Å². The lowest BCUT2D eigenvalue weighted by atomic mass is 9.81. The number of carbonyl (C=O) groups is 4. The molecule has 0 aromatic heterocycles. The molecule has 0 spiro atoms. The Morgan fingerprint density at radius 3 is 1.71 bits per heavy atom. The fourth-order valence-electron chi connectivity index (χ4n) is 4.44. The van der Waals surface area contributed by atoms with Crippen molar-refractivity contribution in [2.24, 2.45) is 0 Å². The summed E-state index contributed by atoms with van der Waals surface area (Å²) in [5.74, 6) is -0.608. The van der Waals surface area contributed by atoms with Gasteiger partial charge < -0.3 is 4.74 Å². The zero-order chi connectivity index (χ0) is 26.6. The van der Waals surface area contributed by atoms with Crippen molar-refractivity contribution < 1.29 is 23.9 Å². The summed E-state index contributed by atoms with van der Waals surface area (Å²) in [5.41, 5.74) is 3.31. The predicted octanol–water partition coefficient (Wildman–Crippen LogP) is 6.26. The molecule has 0 saturated heterocycles. The van der Waals surface area contributed by atoms with E-state index in [1.165, 1.54) is 19.3 Å². The number of rotatable bonds is 7. The number of allylic oxidation sites excluding steroid dienone is 2. The standard InChI is InChI=1S/C33H22O5/c1-38-30-12-5-4-9-25(30)28(34)19-17-21-13-15-22(16-14-21)18-20-29(35)26-10-6-11-27-31(26)33(37)24-8-3-2-7-23(24)32(27)36/h2-20H,1H3/b19-17+,20-18+. The number of ether oxygens (including phenoxy) is 1. The van der Waals surface area contributed by atoms with Crippen molar-refractivity contribution in [3.05, 3.63) is 148 Å². The lowest BCUT2D eigenvalue weighted by molar-refractivity contribution is 0.0972. The SMILES string of the molecule is COc1ccccc1C(=O)/C=C/c1ccc(/C=C/C(=O)c2cccc3c2C(=O)c2ccccc2C3=O)cc1. The second-order valence-electron chi connectivity index (χ2n) is 8.69. The Morgan fingerprint density at radius 2 is 1.08 bits per heavy atom. The summed E-state index contributed by atoms with van der Waals surface area (Å²) in [6, 6.07) is 25.8. The van der Waals surface area contributed by atoms with Crippen molar-refractivity contribution in [2.45, 2.75) is 0 Å². The lowest BCUT2D eigenvalue weighted by Crippen LogP contribution is -2.23. The van der Waals surface area contributed by atoms with E-state index in [0.29, 0.717) is 22.4 Å². The highest BCUT2D eigenvalue weighted by Gasteiger charge is 2.32. The molecule has 184 valence electrons. The van der Waals surface area contributed by atoms with Gasteiger partial charge in [-0.3, -0.25) is 19.2 Å². The van der Waals surface area contributed by atoms with Gasteiger partial charge in [0.25, 0.3) is 0 Å². The summed E-state index contributed by atoms with van der Waals surface area (Å²) >= 11 is 0. The summed E-state index contributed by atoms with van der Waals surface area (Å²) < 4.78 is 5.24. The number of carbonyl (C=O) groups excluding carboxylic acids is 4. The number of methoxy groups -OCH3 is 1. The van der Waals surface area contributed by atoms with Crippen LogP contribution in [0.3, 0.4) is 0 Å². The van der Waals surface area contributed by atoms with Gasteiger partial charge in [-0.2, -0.15) is 0 Å². The van der Waals surface area contributed by atoms with E-state index >= 15 is 0 Å². The molecular weight excluding hydrogens is 476 g/mol. The smallest absolute Gasteiger partial charge is 0.195 e. The first kappa shape index (κ1) is 24.5. The van der Waals surface area contributed by atoms with Crippen LogP contribution in [-0.2, 0) is 0 Å². The molecule has 1 aliphatic rings. The molecule has 0 fully saturated rings. The molecule has 4 aromatic carbocycles. The summed E-state index contributed by atoms with van der Waals surface area (Å²) in [4.78, 5) is 51.7. The first-order chi connectivity index (χ1) is 18.5. The Hall–Kier alpha value is -5.16. The van der Waals surface area contributed by atoms with Crippen LogP contribution in [0.2, 0.25) is 0 Å². The van der Waals surface area contributed by atoms with Gasteiger partial charge in [0, 0.05) is 27.8 Å². The van der Waals surface area contributed by atoms with Crippen molar-refractivity contribution in [1.29, 1.82) is 0 Å². The highest BCUT2D eigenvalue weighted by molar-refractivity contribution is 6.31. The average Bonchev–Trinajstić information content (AvgIpc) is 2.97. The quantitative estimate of drug-likeness (QED) is 0.195. The van der Waals surface area contributed by atoms with E-state index in [4.69, 9.17) is 4.74 Å². The van der Waals surface area contributed by atoms with Gasteiger partial charge in [0.1, 0.15) is 5.75 Å². The van der Waals surface area contributed by atoms with E-state index in [2.05, 4.69) is 0 Å². The average molecular weight is 499 g/mol. The number of fused-ring (bicyclic) bond motifs is 2. The second kappa shape index (κ2) is 10.4. The fourth-order valence-corrected chi connectivity index (χ4v) is 4.44. The predicted molar refractivity (Wildman–Crippen MR) is 146 cm³/mol. The second-order valence-corrected chi connectivity index (χ2v) is 8.69. The maximum Gasteiger partial charge on any atom is 0.195 e. The Labute approximate surface area is 219 Å². The summed E-state index contributed by atoms with van der Waals surface area (Å²) in [5, 5.41) is 0. The minimum atomic E-state index is -0.367. The van der Waals surface area contributed by atoms with Gasteiger partial charge in [-0.05, 0) is 35.4 Å². The summed E-state index contributed by atoms with van der Waals surface area (Å²) in [6.07, 6.45) is 6.24. The van der Waals surface area contributed by atoms with E-state index in [9.17, 15) is 19.2 Å². The van der Waals surface area contributed by atoms with E-state index in [-0.39, 0.29) is 39.8 Å². The highest BCUT2D eigenvalue weighted by Crippen LogP contribution is 2.30. The Bertz CT molecular complexity index is 1660. The maximum absolute atomic E-state index is 13.2. The molecule has 0 amide bonds. The monoisotopic (exact) mass is 498 g/mol. The summed E-state index contributed by atoms with van der Waals surface area (Å²) in [6.45, 7) is 0. The molecule has 0 N–H and O–H groups in total. The highest BCUT2D eigenvalue weighted by atomic mass is 16.5. The third kappa shape index (κ3) is 4.65. The van der Waals surface area contributed by atoms with Crippen LogP contribution in [0.5, 0.6) is 5.75 Å². The Balaban J connectivity index is 1.33. The minimum absolute atomic E-state index is 0.144. The van der Waals surface area contributed by atoms with Crippen LogP contribution in [0.25, 0.3) is 12.2 Å². The normalized spacial score (nSPS) is 12.4. The molecule has 5 nitrogen and oxygen atoms in total. The summed E-state index contributed by atoms with van der Waals surface area (Å²) in [7, 11) is 1.52. The van der Waals surface area contributed by atoms with Gasteiger partial charge in [0.2, 0.25) is 0 Å². The number of para-hydroxylation sites is 1. The molecule has 1 aliphatic carbocycles. The molecule has 0 bridgehead atoms. The van der Waals surface area contributed by atoms with Crippen molar-refractivity contribution in [3.63, 3.8) is 0 Å². The van der Waals surface area contributed by atoms with E-state index in [0.717, 1.165) is 11.1 Å². The Kier molecular flexibility index (Phi) is 6.74. The van der Waals surface area contributed by atoms with Crippen LogP contribution < -0.4 is 4.74 Å². The number of hydrogen-bond acceptors (Lipinski definition) is 5. The molecule has 0 radical (unpaired) electrons. The molecule has 0 heterocycles. The number of benzene rings is 4. The Morgan fingerprint density at radius 1 is 0.579 bits per heavy atom. The zero-order valence-electron chi connectivity index (χ0n) is 20.5. The van der Waals surface area contributed by atoms with Crippen molar-refractivity contribution >= 4 is 35.3 Å². The van der Waals surface area contributed by atoms with Gasteiger partial charge in [0.05, 0.1) is 12.7 Å². The van der Waals surface area contributed by atoms with Crippen LogP contribution in [0.15, 0.2) is 103 Å². The molecule has 0 saturated carbocycles. The van der Waals surface area contributed by atoms with Gasteiger partial charge in [-0.25, -0.2) is 0 Å². The third-order valence-corrected chi connectivity index (χ3v) is 6.38. The molecule has 5 heteroatoms. The maximum atomic E-state index is 13.2. The molecule has 4 aromatic rings. The van der Waals surface area contributed by atoms with Crippen LogP contribution >= 0.6 is 0 Å². The molecule has 0 unspecified atom stereocenters. The first-order valence-electron chi connectivity index (χ1n) is 12.0. The first-order valence-corrected chi connectivity index (χ1v) is 12.0. The van der Waals surface area contributed by atoms with Crippen molar-refractivity contribution in [1.82, 2.24) is 0 Å². The van der Waals surface area contributed by atoms with Gasteiger partial charge >= 0.3 is 0 Å². The number of ketones is 4. The van der Waals surface area contributed by atoms with Crippen LogP contribution in [0.4, 0.5) is 0 Å². The van der Waals surface area contributed by atoms with Crippen LogP contribution in [0.1, 0.15) is 63.7 Å². The number of hydrogen-bond donors (Lipinski definition) is 0. The topological polar surface area (TPSA) is 77.5 Å². The van der Waals surface area contributed by atoms with E-state index in [1.807, 2.05) is 24.3 Å². The molecule has 38 heavy (non-hydrogen) atoms.